The van der Waals surface area contributed by atoms with Gasteiger partial charge in [-0.3, -0.25) is 19.2 Å². The topological polar surface area (TPSA) is 172 Å². The fourth-order valence-corrected chi connectivity index (χ4v) is 6.81. The van der Waals surface area contributed by atoms with Gasteiger partial charge in [-0.2, -0.15) is 0 Å². The van der Waals surface area contributed by atoms with Crippen LogP contribution >= 0.6 is 23.2 Å². The summed E-state index contributed by atoms with van der Waals surface area (Å²) in [7, 11) is 0. The van der Waals surface area contributed by atoms with Crippen molar-refractivity contribution in [1.82, 2.24) is 0 Å². The van der Waals surface area contributed by atoms with Crippen LogP contribution in [0, 0.1) is 17.3 Å². The predicted octanol–water partition coefficient (Wildman–Crippen LogP) is 1.74. The van der Waals surface area contributed by atoms with E-state index in [0.717, 1.165) is 13.8 Å². The Hall–Kier alpha value is -2.67. The lowest BCUT2D eigenvalue weighted by Gasteiger charge is -2.59. The zero-order chi connectivity index (χ0) is 31.6. The Morgan fingerprint density at radius 2 is 1.69 bits per heavy atom. The van der Waals surface area contributed by atoms with Crippen molar-refractivity contribution in [2.75, 3.05) is 18.4 Å². The third-order valence-corrected chi connectivity index (χ3v) is 9.16. The van der Waals surface area contributed by atoms with Crippen molar-refractivity contribution < 1.29 is 57.9 Å². The van der Waals surface area contributed by atoms with Crippen LogP contribution in [0.2, 0.25) is 0 Å². The van der Waals surface area contributed by atoms with Gasteiger partial charge >= 0.3 is 29.8 Å². The van der Waals surface area contributed by atoms with Gasteiger partial charge in [0.1, 0.15) is 18.3 Å². The first-order chi connectivity index (χ1) is 19.5. The average Bonchev–Trinajstić information content (AvgIpc) is 3.13. The van der Waals surface area contributed by atoms with Crippen molar-refractivity contribution in [3.63, 3.8) is 0 Å². The Morgan fingerprint density at radius 3 is 2.24 bits per heavy atom. The van der Waals surface area contributed by atoms with Crippen molar-refractivity contribution in [3.05, 3.63) is 23.8 Å². The van der Waals surface area contributed by atoms with Gasteiger partial charge in [0.05, 0.1) is 22.8 Å². The Labute approximate surface area is 253 Å². The fraction of sp³-hybridized carbons (Fsp3) is 0.679. The summed E-state index contributed by atoms with van der Waals surface area (Å²) in [6.07, 6.45) is -1.35. The van der Waals surface area contributed by atoms with E-state index in [2.05, 4.69) is 0 Å². The molecule has 0 amide bonds. The second kappa shape index (κ2) is 12.9. The molecule has 9 atom stereocenters. The van der Waals surface area contributed by atoms with Gasteiger partial charge < -0.3 is 33.9 Å². The summed E-state index contributed by atoms with van der Waals surface area (Å²) in [5, 5.41) is 24.5. The van der Waals surface area contributed by atoms with E-state index < -0.39 is 95.2 Å². The lowest BCUT2D eigenvalue weighted by molar-refractivity contribution is -0.261. The van der Waals surface area contributed by atoms with E-state index in [1.54, 1.807) is 0 Å². The van der Waals surface area contributed by atoms with Crippen LogP contribution in [-0.2, 0) is 47.7 Å². The van der Waals surface area contributed by atoms with Crippen molar-refractivity contribution in [2.24, 2.45) is 17.3 Å². The van der Waals surface area contributed by atoms with E-state index in [9.17, 15) is 34.2 Å². The van der Waals surface area contributed by atoms with Crippen LogP contribution < -0.4 is 0 Å². The summed E-state index contributed by atoms with van der Waals surface area (Å²) < 4.78 is 27.6. The first kappa shape index (κ1) is 33.8. The molecule has 0 bridgehead atoms. The smallest absolute Gasteiger partial charge is 0.344 e. The molecule has 0 aromatic heterocycles. The van der Waals surface area contributed by atoms with E-state index in [1.165, 1.54) is 39.0 Å². The minimum Gasteiger partial charge on any atom is -0.462 e. The zero-order valence-electron chi connectivity index (χ0n) is 24.0. The van der Waals surface area contributed by atoms with Crippen LogP contribution in [0.15, 0.2) is 23.8 Å². The molecule has 3 aliphatic rings. The molecule has 2 fully saturated rings. The van der Waals surface area contributed by atoms with Crippen LogP contribution in [0.25, 0.3) is 0 Å². The Morgan fingerprint density at radius 1 is 1.05 bits per heavy atom. The molecule has 1 aliphatic heterocycles. The van der Waals surface area contributed by atoms with Crippen molar-refractivity contribution >= 4 is 53.0 Å². The highest BCUT2D eigenvalue weighted by Gasteiger charge is 2.71. The third kappa shape index (κ3) is 6.31. The molecule has 12 nitrogen and oxygen atoms in total. The van der Waals surface area contributed by atoms with Crippen LogP contribution in [0.4, 0.5) is 0 Å². The van der Waals surface area contributed by atoms with Gasteiger partial charge in [0, 0.05) is 32.6 Å². The van der Waals surface area contributed by atoms with Crippen LogP contribution in [0.5, 0.6) is 0 Å². The molecule has 9 unspecified atom stereocenters. The molecular formula is C28H36Cl2O12. The summed E-state index contributed by atoms with van der Waals surface area (Å²) in [5.74, 6) is -7.39. The Kier molecular flexibility index (Phi) is 10.4. The number of halogens is 2. The molecule has 0 radical (unpaired) electrons. The first-order valence-electron chi connectivity index (χ1n) is 13.4. The molecule has 2 aliphatic carbocycles. The first-order valence-corrected chi connectivity index (χ1v) is 14.4. The predicted molar refractivity (Wildman–Crippen MR) is 146 cm³/mol. The number of carbonyl (C=O) groups is 5. The van der Waals surface area contributed by atoms with E-state index in [0.29, 0.717) is 5.57 Å². The highest BCUT2D eigenvalue weighted by molar-refractivity contribution is 6.19. The van der Waals surface area contributed by atoms with E-state index in [4.69, 9.17) is 46.9 Å². The molecule has 0 aromatic carbocycles. The number of rotatable bonds is 7. The van der Waals surface area contributed by atoms with Crippen LogP contribution in [-0.4, -0.2) is 94.0 Å². The van der Waals surface area contributed by atoms with E-state index in [-0.39, 0.29) is 18.7 Å². The summed E-state index contributed by atoms with van der Waals surface area (Å²) in [6, 6.07) is 0. The van der Waals surface area contributed by atoms with Gasteiger partial charge in [-0.05, 0) is 37.5 Å². The van der Waals surface area contributed by atoms with Crippen LogP contribution in [0.1, 0.15) is 47.5 Å². The fourth-order valence-electron chi connectivity index (χ4n) is 6.33. The number of fused-ring (bicyclic) bond motifs is 2. The van der Waals surface area contributed by atoms with Gasteiger partial charge in [0.25, 0.3) is 0 Å². The van der Waals surface area contributed by atoms with Crippen LogP contribution in [0.3, 0.4) is 0 Å². The zero-order valence-corrected chi connectivity index (χ0v) is 25.5. The SMILES string of the molecule is CC(=O)OCC(=O)OC1C=CC(CCl)=CC2OC(=O)C(C)C2(O)C(OC(C)=O)C2C(O)(CCl)CCC(OC(C)=O)C12C. The number of carbonyl (C=O) groups excluding carboxylic acids is 5. The number of hydrogen-bond donors (Lipinski definition) is 2. The van der Waals surface area contributed by atoms with Gasteiger partial charge in [-0.1, -0.05) is 13.0 Å². The normalized spacial score (nSPS) is 37.7. The third-order valence-electron chi connectivity index (χ3n) is 8.39. The van der Waals surface area contributed by atoms with Crippen molar-refractivity contribution in [3.8, 4) is 0 Å². The molecule has 3 rings (SSSR count). The maximum absolute atomic E-state index is 12.9. The van der Waals surface area contributed by atoms with Gasteiger partial charge in [0.2, 0.25) is 0 Å². The highest BCUT2D eigenvalue weighted by atomic mass is 35.5. The molecule has 2 N–H and O–H groups in total. The highest BCUT2D eigenvalue weighted by Crippen LogP contribution is 2.57. The molecule has 1 heterocycles. The molecular weight excluding hydrogens is 599 g/mol. The number of ether oxygens (including phenoxy) is 5. The molecule has 14 heteroatoms. The summed E-state index contributed by atoms with van der Waals surface area (Å²) in [4.78, 5) is 62.1. The molecule has 0 aromatic rings. The van der Waals surface area contributed by atoms with Crippen molar-refractivity contribution in [2.45, 2.75) is 83.1 Å². The molecule has 0 spiro atoms. The minimum absolute atomic E-state index is 0.0273. The standard InChI is InChI=1S/C28H36Cl2O12/c1-14-25(35)42-21-10-18(11-29)6-7-19(41-22(34)12-38-15(2)31)26(5)20(39-16(3)32)8-9-27(36,13-30)23(26)24(28(14,21)37)40-17(4)33/h6-7,10,14,19-21,23-24,36-37H,8-9,11-13H2,1-5H3. The maximum Gasteiger partial charge on any atom is 0.344 e. The minimum atomic E-state index is -2.29. The lowest BCUT2D eigenvalue weighted by Crippen LogP contribution is -2.71. The average molecular weight is 635 g/mol. The molecule has 42 heavy (non-hydrogen) atoms. The summed E-state index contributed by atoms with van der Waals surface area (Å²) in [6.45, 7) is 5.52. The lowest BCUT2D eigenvalue weighted by atomic mass is 9.52. The van der Waals surface area contributed by atoms with E-state index >= 15 is 0 Å². The number of esters is 5. The van der Waals surface area contributed by atoms with E-state index in [1.807, 2.05) is 0 Å². The van der Waals surface area contributed by atoms with Gasteiger partial charge in [-0.25, -0.2) is 4.79 Å². The van der Waals surface area contributed by atoms with Gasteiger partial charge in [-0.15, -0.1) is 23.2 Å². The Balaban J connectivity index is 2.40. The summed E-state index contributed by atoms with van der Waals surface area (Å²) >= 11 is 12.6. The summed E-state index contributed by atoms with van der Waals surface area (Å²) in [5.41, 5.74) is -5.57. The molecule has 1 saturated heterocycles. The number of allylic oxidation sites excluding steroid dienone is 2. The second-order valence-electron chi connectivity index (χ2n) is 11.1. The molecule has 234 valence electrons. The second-order valence-corrected chi connectivity index (χ2v) is 11.7. The largest absolute Gasteiger partial charge is 0.462 e. The number of hydrogen-bond acceptors (Lipinski definition) is 12. The van der Waals surface area contributed by atoms with Gasteiger partial charge in [0.15, 0.2) is 18.3 Å². The van der Waals surface area contributed by atoms with Crippen molar-refractivity contribution in [1.29, 1.82) is 0 Å². The molecule has 1 saturated carbocycles. The number of alkyl halides is 2. The monoisotopic (exact) mass is 634 g/mol. The maximum atomic E-state index is 12.9. The number of aliphatic hydroxyl groups is 2. The quantitative estimate of drug-likeness (QED) is 0.236. The Bertz CT molecular complexity index is 1170.